The summed E-state index contributed by atoms with van der Waals surface area (Å²) in [6.45, 7) is 0.951. The number of benzene rings is 1. The minimum atomic E-state index is 0.270. The molecule has 0 bridgehead atoms. The predicted octanol–water partition coefficient (Wildman–Crippen LogP) is 1.42. The van der Waals surface area contributed by atoms with E-state index in [1.165, 1.54) is 12.4 Å². The first-order valence-electron chi connectivity index (χ1n) is 5.73. The Morgan fingerprint density at radius 1 is 1.32 bits per heavy atom. The summed E-state index contributed by atoms with van der Waals surface area (Å²) in [4.78, 5) is 7.94. The number of nitriles is 1. The third kappa shape index (κ3) is 3.57. The quantitative estimate of drug-likeness (QED) is 0.619. The van der Waals surface area contributed by atoms with Crippen LogP contribution in [0.1, 0.15) is 5.69 Å². The zero-order valence-corrected chi connectivity index (χ0v) is 10.2. The zero-order chi connectivity index (χ0) is 13.5. The number of nitrogens with zero attached hydrogens (tertiary/aromatic N) is 3. The Hall–Kier alpha value is -2.81. The van der Waals surface area contributed by atoms with Crippen molar-refractivity contribution < 1.29 is 4.74 Å². The largest absolute Gasteiger partial charge is 0.492 e. The number of anilines is 2. The maximum absolute atomic E-state index is 8.85. The summed E-state index contributed by atoms with van der Waals surface area (Å²) in [6.07, 6.45) is 3.01. The lowest BCUT2D eigenvalue weighted by molar-refractivity contribution is 0.333. The van der Waals surface area contributed by atoms with E-state index in [1.807, 2.05) is 18.2 Å². The molecule has 0 saturated carbocycles. The molecule has 0 spiro atoms. The molecule has 0 fully saturated rings. The van der Waals surface area contributed by atoms with Gasteiger partial charge in [-0.3, -0.25) is 0 Å². The summed E-state index contributed by atoms with van der Waals surface area (Å²) in [5, 5.41) is 11.8. The molecule has 0 radical (unpaired) electrons. The number of nitrogens with two attached hydrogens (primary N) is 1. The van der Waals surface area contributed by atoms with E-state index in [0.29, 0.717) is 30.4 Å². The molecule has 1 aromatic carbocycles. The van der Waals surface area contributed by atoms with E-state index in [9.17, 15) is 0 Å². The van der Waals surface area contributed by atoms with Gasteiger partial charge in [0.05, 0.1) is 6.54 Å². The molecular formula is C13H13N5O. The first-order chi connectivity index (χ1) is 9.29. The molecule has 0 amide bonds. The Labute approximate surface area is 110 Å². The number of rotatable bonds is 5. The number of hydrogen-bond donors (Lipinski definition) is 2. The standard InChI is InChI=1S/C13H13N5O/c14-9-12-13(17-5-4-16-12)18-6-7-19-11-3-1-2-10(15)8-11/h1-5,8H,6-7,15H2,(H,17,18). The summed E-state index contributed by atoms with van der Waals surface area (Å²) >= 11 is 0. The van der Waals surface area contributed by atoms with E-state index in [2.05, 4.69) is 15.3 Å². The average Bonchev–Trinajstić information content (AvgIpc) is 2.44. The van der Waals surface area contributed by atoms with Crippen LogP contribution in [0.5, 0.6) is 5.75 Å². The molecule has 0 aliphatic rings. The van der Waals surface area contributed by atoms with Crippen molar-refractivity contribution >= 4 is 11.5 Å². The van der Waals surface area contributed by atoms with Crippen LogP contribution in [0.15, 0.2) is 36.7 Å². The fourth-order valence-corrected chi connectivity index (χ4v) is 1.49. The fourth-order valence-electron chi connectivity index (χ4n) is 1.49. The van der Waals surface area contributed by atoms with Gasteiger partial charge in [0.15, 0.2) is 11.5 Å². The monoisotopic (exact) mass is 255 g/mol. The van der Waals surface area contributed by atoms with E-state index in [-0.39, 0.29) is 5.69 Å². The molecule has 0 aliphatic heterocycles. The second-order valence-corrected chi connectivity index (χ2v) is 3.71. The summed E-state index contributed by atoms with van der Waals surface area (Å²) in [6, 6.07) is 9.18. The van der Waals surface area contributed by atoms with E-state index in [0.717, 1.165) is 0 Å². The summed E-state index contributed by atoms with van der Waals surface area (Å²) in [5.41, 5.74) is 6.57. The average molecular weight is 255 g/mol. The topological polar surface area (TPSA) is 96.8 Å². The van der Waals surface area contributed by atoms with Crippen molar-refractivity contribution in [2.75, 3.05) is 24.2 Å². The maximum atomic E-state index is 8.85. The van der Waals surface area contributed by atoms with Crippen molar-refractivity contribution in [3.05, 3.63) is 42.4 Å². The van der Waals surface area contributed by atoms with Crippen LogP contribution in [-0.2, 0) is 0 Å². The van der Waals surface area contributed by atoms with Crippen LogP contribution in [0.2, 0.25) is 0 Å². The van der Waals surface area contributed by atoms with E-state index < -0.39 is 0 Å². The number of nitrogen functional groups attached to an aromatic ring is 1. The molecule has 6 nitrogen and oxygen atoms in total. The van der Waals surface area contributed by atoms with Crippen LogP contribution < -0.4 is 15.8 Å². The molecule has 0 unspecified atom stereocenters. The third-order valence-electron chi connectivity index (χ3n) is 2.33. The SMILES string of the molecule is N#Cc1nccnc1NCCOc1cccc(N)c1. The van der Waals surface area contributed by atoms with Crippen LogP contribution in [0, 0.1) is 11.3 Å². The molecule has 0 aliphatic carbocycles. The third-order valence-corrected chi connectivity index (χ3v) is 2.33. The lowest BCUT2D eigenvalue weighted by atomic mass is 10.3. The van der Waals surface area contributed by atoms with E-state index in [1.54, 1.807) is 12.1 Å². The van der Waals surface area contributed by atoms with Gasteiger partial charge in [-0.2, -0.15) is 5.26 Å². The maximum Gasteiger partial charge on any atom is 0.182 e. The number of nitrogens with one attached hydrogen (secondary N) is 1. The lowest BCUT2D eigenvalue weighted by Crippen LogP contribution is -2.13. The molecule has 0 atom stereocenters. The second kappa shape index (κ2) is 6.21. The Morgan fingerprint density at radius 2 is 2.16 bits per heavy atom. The van der Waals surface area contributed by atoms with Gasteiger partial charge in [0.25, 0.3) is 0 Å². The van der Waals surface area contributed by atoms with Crippen LogP contribution >= 0.6 is 0 Å². The minimum Gasteiger partial charge on any atom is -0.492 e. The molecule has 96 valence electrons. The predicted molar refractivity (Wildman–Crippen MR) is 71.6 cm³/mol. The van der Waals surface area contributed by atoms with Crippen LogP contribution in [0.3, 0.4) is 0 Å². The smallest absolute Gasteiger partial charge is 0.182 e. The molecule has 0 saturated heterocycles. The molecular weight excluding hydrogens is 242 g/mol. The Balaban J connectivity index is 1.83. The van der Waals surface area contributed by atoms with Crippen molar-refractivity contribution in [2.24, 2.45) is 0 Å². The first kappa shape index (κ1) is 12.6. The van der Waals surface area contributed by atoms with Crippen molar-refractivity contribution in [3.8, 4) is 11.8 Å². The molecule has 2 rings (SSSR count). The van der Waals surface area contributed by atoms with Gasteiger partial charge >= 0.3 is 0 Å². The van der Waals surface area contributed by atoms with Gasteiger partial charge < -0.3 is 15.8 Å². The van der Waals surface area contributed by atoms with Crippen LogP contribution in [0.4, 0.5) is 11.5 Å². The van der Waals surface area contributed by atoms with Gasteiger partial charge in [-0.15, -0.1) is 0 Å². The molecule has 6 heteroatoms. The van der Waals surface area contributed by atoms with Gasteiger partial charge in [-0.05, 0) is 12.1 Å². The summed E-state index contributed by atoms with van der Waals surface area (Å²) in [7, 11) is 0. The normalized spacial score (nSPS) is 9.63. The minimum absolute atomic E-state index is 0.270. The highest BCUT2D eigenvalue weighted by Gasteiger charge is 2.02. The van der Waals surface area contributed by atoms with Crippen LogP contribution in [0.25, 0.3) is 0 Å². The second-order valence-electron chi connectivity index (χ2n) is 3.71. The Morgan fingerprint density at radius 3 is 2.95 bits per heavy atom. The van der Waals surface area contributed by atoms with Gasteiger partial charge in [-0.25, -0.2) is 9.97 Å². The highest BCUT2D eigenvalue weighted by atomic mass is 16.5. The van der Waals surface area contributed by atoms with Gasteiger partial charge in [0, 0.05) is 24.1 Å². The number of hydrogen-bond acceptors (Lipinski definition) is 6. The van der Waals surface area contributed by atoms with Crippen molar-refractivity contribution in [1.82, 2.24) is 9.97 Å². The molecule has 1 aromatic heterocycles. The summed E-state index contributed by atoms with van der Waals surface area (Å²) in [5.74, 6) is 1.17. The Bertz CT molecular complexity index is 594. The fraction of sp³-hybridized carbons (Fsp3) is 0.154. The van der Waals surface area contributed by atoms with Crippen LogP contribution in [-0.4, -0.2) is 23.1 Å². The summed E-state index contributed by atoms with van der Waals surface area (Å²) < 4.78 is 5.51. The van der Waals surface area contributed by atoms with E-state index in [4.69, 9.17) is 15.7 Å². The van der Waals surface area contributed by atoms with Crippen molar-refractivity contribution in [3.63, 3.8) is 0 Å². The molecule has 19 heavy (non-hydrogen) atoms. The molecule has 1 heterocycles. The van der Waals surface area contributed by atoms with Gasteiger partial charge in [0.2, 0.25) is 0 Å². The highest BCUT2D eigenvalue weighted by molar-refractivity contribution is 5.46. The zero-order valence-electron chi connectivity index (χ0n) is 10.2. The first-order valence-corrected chi connectivity index (χ1v) is 5.73. The highest BCUT2D eigenvalue weighted by Crippen LogP contribution is 2.14. The molecule has 2 aromatic rings. The number of ether oxygens (including phenoxy) is 1. The van der Waals surface area contributed by atoms with Gasteiger partial charge in [0.1, 0.15) is 18.4 Å². The lowest BCUT2D eigenvalue weighted by Gasteiger charge is -2.08. The number of aromatic nitrogens is 2. The van der Waals surface area contributed by atoms with Gasteiger partial charge in [-0.1, -0.05) is 6.07 Å². The van der Waals surface area contributed by atoms with E-state index >= 15 is 0 Å². The van der Waals surface area contributed by atoms with Crippen molar-refractivity contribution in [1.29, 1.82) is 5.26 Å². The molecule has 3 N–H and O–H groups in total. The van der Waals surface area contributed by atoms with Crippen molar-refractivity contribution in [2.45, 2.75) is 0 Å². The Kier molecular flexibility index (Phi) is 4.13.